The fraction of sp³-hybridized carbons (Fsp3) is 0.650. The van der Waals surface area contributed by atoms with Gasteiger partial charge in [0.25, 0.3) is 0 Å². The van der Waals surface area contributed by atoms with E-state index >= 15 is 0 Å². The Balaban J connectivity index is 1.80. The number of nitrogens with one attached hydrogen (secondary N) is 1. The summed E-state index contributed by atoms with van der Waals surface area (Å²) in [7, 11) is 1.58. The highest BCUT2D eigenvalue weighted by Gasteiger charge is 2.52. The molecule has 0 bridgehead atoms. The Morgan fingerprint density at radius 2 is 1.93 bits per heavy atom. The molecule has 2 saturated heterocycles. The summed E-state index contributed by atoms with van der Waals surface area (Å²) in [4.78, 5) is 12.5. The molecule has 0 spiro atoms. The molecule has 0 saturated carbocycles. The minimum Gasteiger partial charge on any atom is -0.444 e. The van der Waals surface area contributed by atoms with Crippen molar-refractivity contribution >= 4 is 6.09 Å². The van der Waals surface area contributed by atoms with Gasteiger partial charge in [0.05, 0.1) is 12.1 Å². The van der Waals surface area contributed by atoms with Crippen LogP contribution in [0, 0.1) is 0 Å². The number of hydrogen-bond donors (Lipinski definition) is 1. The largest absolute Gasteiger partial charge is 0.444 e. The number of fused-ring (bicyclic) bond motifs is 1. The summed E-state index contributed by atoms with van der Waals surface area (Å²) in [6.45, 7) is 7.76. The van der Waals surface area contributed by atoms with Crippen molar-refractivity contribution in [3.63, 3.8) is 0 Å². The van der Waals surface area contributed by atoms with Crippen LogP contribution in [0.1, 0.15) is 46.0 Å². The van der Waals surface area contributed by atoms with Crippen LogP contribution in [-0.4, -0.2) is 49.4 Å². The average Bonchev–Trinajstić information content (AvgIpc) is 2.60. The molecule has 27 heavy (non-hydrogen) atoms. The van der Waals surface area contributed by atoms with E-state index in [1.165, 1.54) is 0 Å². The second-order valence-corrected chi connectivity index (χ2v) is 8.22. The maximum Gasteiger partial charge on any atom is 0.408 e. The van der Waals surface area contributed by atoms with Gasteiger partial charge in [-0.3, -0.25) is 0 Å². The minimum atomic E-state index is -0.733. The van der Waals surface area contributed by atoms with Gasteiger partial charge in [0.1, 0.15) is 17.8 Å². The standard InChI is InChI=1S/C20H29NO6/c1-19(2,3)27-18(22)21-20(4)11-15(23-5)25-14-12-24-17(26-16(14)20)13-9-7-6-8-10-13/h6-10,14-17H,11-12H2,1-5H3,(H,21,22)/t14-,15+,16-,17-,20+/m1/s1. The summed E-state index contributed by atoms with van der Waals surface area (Å²) >= 11 is 0. The summed E-state index contributed by atoms with van der Waals surface area (Å²) in [5, 5.41) is 2.99. The van der Waals surface area contributed by atoms with Crippen molar-refractivity contribution in [1.82, 2.24) is 5.32 Å². The molecule has 2 aliphatic heterocycles. The van der Waals surface area contributed by atoms with Crippen molar-refractivity contribution in [1.29, 1.82) is 0 Å². The minimum absolute atomic E-state index is 0.343. The molecular formula is C20H29NO6. The number of carbonyl (C=O) groups excluding carboxylic acids is 1. The van der Waals surface area contributed by atoms with E-state index in [1.54, 1.807) is 7.11 Å². The molecule has 0 aromatic heterocycles. The lowest BCUT2D eigenvalue weighted by Gasteiger charge is -2.51. The number of ether oxygens (including phenoxy) is 5. The molecule has 2 heterocycles. The lowest BCUT2D eigenvalue weighted by atomic mass is 9.84. The van der Waals surface area contributed by atoms with Crippen molar-refractivity contribution in [3.8, 4) is 0 Å². The Morgan fingerprint density at radius 3 is 2.56 bits per heavy atom. The van der Waals surface area contributed by atoms with Crippen LogP contribution in [0.4, 0.5) is 4.79 Å². The highest BCUT2D eigenvalue weighted by atomic mass is 16.7. The zero-order chi connectivity index (χ0) is 19.7. The molecule has 1 N–H and O–H groups in total. The van der Waals surface area contributed by atoms with Crippen LogP contribution in [0.3, 0.4) is 0 Å². The fourth-order valence-corrected chi connectivity index (χ4v) is 3.49. The Hall–Kier alpha value is -1.67. The summed E-state index contributed by atoms with van der Waals surface area (Å²) in [6, 6.07) is 9.71. The van der Waals surface area contributed by atoms with E-state index in [4.69, 9.17) is 23.7 Å². The molecule has 1 aromatic carbocycles. The number of methoxy groups -OCH3 is 1. The van der Waals surface area contributed by atoms with E-state index < -0.39 is 35.9 Å². The predicted octanol–water partition coefficient (Wildman–Crippen LogP) is 3.15. The molecule has 150 valence electrons. The smallest absolute Gasteiger partial charge is 0.408 e. The number of amides is 1. The molecule has 0 unspecified atom stereocenters. The third-order valence-electron chi connectivity index (χ3n) is 4.69. The van der Waals surface area contributed by atoms with Gasteiger partial charge in [-0.25, -0.2) is 4.79 Å². The first-order chi connectivity index (χ1) is 12.7. The highest BCUT2D eigenvalue weighted by molar-refractivity contribution is 5.69. The molecule has 7 nitrogen and oxygen atoms in total. The topological polar surface area (TPSA) is 75.3 Å². The van der Waals surface area contributed by atoms with Crippen LogP contribution in [-0.2, 0) is 23.7 Å². The van der Waals surface area contributed by atoms with Crippen LogP contribution < -0.4 is 5.32 Å². The molecule has 0 aliphatic carbocycles. The first-order valence-corrected chi connectivity index (χ1v) is 9.21. The first kappa shape index (κ1) is 20.1. The Bertz CT molecular complexity index is 646. The fourth-order valence-electron chi connectivity index (χ4n) is 3.49. The number of rotatable bonds is 3. The molecule has 2 aliphatic rings. The van der Waals surface area contributed by atoms with Gasteiger partial charge in [-0.1, -0.05) is 30.3 Å². The normalized spacial score (nSPS) is 33.8. The van der Waals surface area contributed by atoms with Crippen LogP contribution >= 0.6 is 0 Å². The third kappa shape index (κ3) is 4.79. The van der Waals surface area contributed by atoms with Gasteiger partial charge in [0.15, 0.2) is 12.6 Å². The summed E-state index contributed by atoms with van der Waals surface area (Å²) in [5.74, 6) is 0. The molecular weight excluding hydrogens is 350 g/mol. The van der Waals surface area contributed by atoms with Crippen molar-refractivity contribution in [2.24, 2.45) is 0 Å². The zero-order valence-corrected chi connectivity index (χ0v) is 16.6. The third-order valence-corrected chi connectivity index (χ3v) is 4.69. The van der Waals surface area contributed by atoms with E-state index in [0.29, 0.717) is 13.0 Å². The van der Waals surface area contributed by atoms with Crippen LogP contribution in [0.5, 0.6) is 0 Å². The molecule has 0 radical (unpaired) electrons. The van der Waals surface area contributed by atoms with Gasteiger partial charge in [-0.15, -0.1) is 0 Å². The second-order valence-electron chi connectivity index (χ2n) is 8.22. The quantitative estimate of drug-likeness (QED) is 0.870. The number of alkyl carbamates (subject to hydrolysis) is 1. The highest BCUT2D eigenvalue weighted by Crippen LogP contribution is 2.39. The van der Waals surface area contributed by atoms with Gasteiger partial charge < -0.3 is 29.0 Å². The summed E-state index contributed by atoms with van der Waals surface area (Å²) in [5.41, 5.74) is -0.401. The van der Waals surface area contributed by atoms with E-state index in [9.17, 15) is 4.79 Å². The second kappa shape index (κ2) is 7.75. The average molecular weight is 379 g/mol. The van der Waals surface area contributed by atoms with Gasteiger partial charge in [0.2, 0.25) is 0 Å². The molecule has 1 aromatic rings. The van der Waals surface area contributed by atoms with E-state index in [-0.39, 0.29) is 6.10 Å². The number of hydrogen-bond acceptors (Lipinski definition) is 6. The zero-order valence-electron chi connectivity index (χ0n) is 16.6. The van der Waals surface area contributed by atoms with Crippen LogP contribution in [0.2, 0.25) is 0 Å². The lowest BCUT2D eigenvalue weighted by molar-refractivity contribution is -0.331. The van der Waals surface area contributed by atoms with Crippen LogP contribution in [0.15, 0.2) is 30.3 Å². The summed E-state index contributed by atoms with van der Waals surface area (Å²) in [6.07, 6.45) is -1.81. The van der Waals surface area contributed by atoms with Gasteiger partial charge >= 0.3 is 6.09 Å². The molecule has 5 atom stereocenters. The molecule has 7 heteroatoms. The van der Waals surface area contributed by atoms with Crippen molar-refractivity contribution in [2.75, 3.05) is 13.7 Å². The van der Waals surface area contributed by atoms with Gasteiger partial charge in [-0.05, 0) is 27.7 Å². The Labute approximate surface area is 160 Å². The predicted molar refractivity (Wildman–Crippen MR) is 98.1 cm³/mol. The monoisotopic (exact) mass is 379 g/mol. The first-order valence-electron chi connectivity index (χ1n) is 9.21. The molecule has 2 fully saturated rings. The summed E-state index contributed by atoms with van der Waals surface area (Å²) < 4.78 is 28.9. The maximum absolute atomic E-state index is 12.5. The van der Waals surface area contributed by atoms with Gasteiger partial charge in [-0.2, -0.15) is 0 Å². The molecule has 3 rings (SSSR count). The van der Waals surface area contributed by atoms with Crippen molar-refractivity contribution < 1.29 is 28.5 Å². The van der Waals surface area contributed by atoms with Gasteiger partial charge in [0, 0.05) is 19.1 Å². The number of carbonyl (C=O) groups is 1. The molecule has 1 amide bonds. The lowest BCUT2D eigenvalue weighted by Crippen LogP contribution is -2.67. The number of benzene rings is 1. The van der Waals surface area contributed by atoms with E-state index in [1.807, 2.05) is 58.0 Å². The van der Waals surface area contributed by atoms with Crippen LogP contribution in [0.25, 0.3) is 0 Å². The SMILES string of the molecule is CO[C@@H]1C[C@](C)(NC(=O)OC(C)(C)C)[C@@H]2O[C@H](c3ccccc3)OC[C@H]2O1. The van der Waals surface area contributed by atoms with E-state index in [2.05, 4.69) is 5.32 Å². The Kier molecular flexibility index (Phi) is 5.76. The maximum atomic E-state index is 12.5. The van der Waals surface area contributed by atoms with Crippen molar-refractivity contribution in [3.05, 3.63) is 35.9 Å². The Morgan fingerprint density at radius 1 is 1.22 bits per heavy atom. The van der Waals surface area contributed by atoms with E-state index in [0.717, 1.165) is 5.56 Å². The van der Waals surface area contributed by atoms with Crippen molar-refractivity contribution in [2.45, 2.75) is 70.0 Å².